The molecule has 0 unspecified atom stereocenters. The molecule has 0 bridgehead atoms. The fourth-order valence-electron chi connectivity index (χ4n) is 2.06. The molecule has 0 rings (SSSR count). The minimum atomic E-state index is -0.325. The molecule has 0 aliphatic heterocycles. The molecule has 132 valence electrons. The molecule has 0 amide bonds. The van der Waals surface area contributed by atoms with Crippen LogP contribution in [0, 0.1) is 0 Å². The third-order valence-corrected chi connectivity index (χ3v) is 3.62. The van der Waals surface area contributed by atoms with Crippen LogP contribution in [-0.4, -0.2) is 18.5 Å². The summed E-state index contributed by atoms with van der Waals surface area (Å²) in [6, 6.07) is 0. The Morgan fingerprint density at radius 1 is 0.826 bits per heavy atom. The SMILES string of the molecule is CCCCCC=CCC=CC/C=C\CCCCCOC(=O)CCl. The van der Waals surface area contributed by atoms with Gasteiger partial charge in [0.05, 0.1) is 6.61 Å². The van der Waals surface area contributed by atoms with Crippen molar-refractivity contribution >= 4 is 17.6 Å². The summed E-state index contributed by atoms with van der Waals surface area (Å²) in [7, 11) is 0. The molecule has 0 aliphatic carbocycles. The lowest BCUT2D eigenvalue weighted by molar-refractivity contribution is -0.140. The number of carbonyl (C=O) groups is 1. The van der Waals surface area contributed by atoms with Crippen LogP contribution < -0.4 is 0 Å². The van der Waals surface area contributed by atoms with Crippen LogP contribution in [0.4, 0.5) is 0 Å². The molecule has 0 aliphatic rings. The average Bonchev–Trinajstić information content (AvgIpc) is 2.57. The number of esters is 1. The lowest BCUT2D eigenvalue weighted by atomic mass is 10.2. The van der Waals surface area contributed by atoms with Crippen molar-refractivity contribution in [2.24, 2.45) is 0 Å². The standard InChI is InChI=1S/C20H33ClO2/c1-2-3-4-5-6-7-8-9-10-11-12-13-14-15-16-17-18-23-20(22)19-21/h6-7,9-10,12-13H,2-5,8,11,14-19H2,1H3/b7-6?,10-9?,13-12-. The van der Waals surface area contributed by atoms with Gasteiger partial charge in [-0.05, 0) is 51.4 Å². The van der Waals surface area contributed by atoms with Gasteiger partial charge in [-0.3, -0.25) is 4.79 Å². The molecular weight excluding hydrogens is 308 g/mol. The first-order chi connectivity index (χ1) is 11.3. The Bertz CT molecular complexity index is 346. The van der Waals surface area contributed by atoms with Crippen LogP contribution >= 0.6 is 11.6 Å². The molecule has 0 spiro atoms. The second kappa shape index (κ2) is 19.0. The van der Waals surface area contributed by atoms with Crippen LogP contribution in [0.3, 0.4) is 0 Å². The molecule has 23 heavy (non-hydrogen) atoms. The highest BCUT2D eigenvalue weighted by atomic mass is 35.5. The van der Waals surface area contributed by atoms with Gasteiger partial charge in [-0.1, -0.05) is 56.2 Å². The molecule has 0 atom stereocenters. The van der Waals surface area contributed by atoms with E-state index in [1.165, 1.54) is 25.7 Å². The Balaban J connectivity index is 3.30. The van der Waals surface area contributed by atoms with Crippen molar-refractivity contribution in [1.29, 1.82) is 0 Å². The van der Waals surface area contributed by atoms with Crippen molar-refractivity contribution in [2.45, 2.75) is 71.1 Å². The number of carbonyl (C=O) groups excluding carboxylic acids is 1. The van der Waals surface area contributed by atoms with Gasteiger partial charge in [0.2, 0.25) is 0 Å². The summed E-state index contributed by atoms with van der Waals surface area (Å²) in [4.78, 5) is 10.8. The molecule has 0 saturated carbocycles. The Morgan fingerprint density at radius 3 is 1.96 bits per heavy atom. The van der Waals surface area contributed by atoms with Crippen molar-refractivity contribution in [2.75, 3.05) is 12.5 Å². The van der Waals surface area contributed by atoms with Gasteiger partial charge in [0.25, 0.3) is 0 Å². The maximum Gasteiger partial charge on any atom is 0.320 e. The first-order valence-electron chi connectivity index (χ1n) is 8.97. The van der Waals surface area contributed by atoms with Gasteiger partial charge in [0.15, 0.2) is 0 Å². The largest absolute Gasteiger partial charge is 0.465 e. The summed E-state index contributed by atoms with van der Waals surface area (Å²) >= 11 is 5.34. The fraction of sp³-hybridized carbons (Fsp3) is 0.650. The quantitative estimate of drug-likeness (QED) is 0.150. The van der Waals surface area contributed by atoms with Gasteiger partial charge in [0.1, 0.15) is 5.88 Å². The molecule has 0 saturated heterocycles. The zero-order valence-corrected chi connectivity index (χ0v) is 15.4. The van der Waals surface area contributed by atoms with Gasteiger partial charge in [-0.25, -0.2) is 0 Å². The number of hydrogen-bond acceptors (Lipinski definition) is 2. The zero-order chi connectivity index (χ0) is 17.0. The summed E-state index contributed by atoms with van der Waals surface area (Å²) in [5, 5.41) is 0. The molecule has 0 radical (unpaired) electrons. The number of unbranched alkanes of at least 4 members (excludes halogenated alkanes) is 6. The van der Waals surface area contributed by atoms with E-state index >= 15 is 0 Å². The minimum absolute atomic E-state index is 0.0507. The molecular formula is C20H33ClO2. The van der Waals surface area contributed by atoms with Gasteiger partial charge in [-0.2, -0.15) is 0 Å². The van der Waals surface area contributed by atoms with E-state index < -0.39 is 0 Å². The van der Waals surface area contributed by atoms with Crippen LogP contribution in [0.15, 0.2) is 36.5 Å². The number of hydrogen-bond donors (Lipinski definition) is 0. The van der Waals surface area contributed by atoms with Crippen molar-refractivity contribution in [1.82, 2.24) is 0 Å². The van der Waals surface area contributed by atoms with Gasteiger partial charge in [-0.15, -0.1) is 11.6 Å². The second-order valence-corrected chi connectivity index (χ2v) is 5.85. The molecule has 2 nitrogen and oxygen atoms in total. The molecule has 0 heterocycles. The van der Waals surface area contributed by atoms with E-state index in [9.17, 15) is 4.79 Å². The first kappa shape index (κ1) is 22.0. The summed E-state index contributed by atoms with van der Waals surface area (Å²) in [5.41, 5.74) is 0. The molecule has 0 N–H and O–H groups in total. The first-order valence-corrected chi connectivity index (χ1v) is 9.51. The molecule has 0 fully saturated rings. The number of halogens is 1. The summed E-state index contributed by atoms with van der Waals surface area (Å²) in [6.07, 6.45) is 24.9. The van der Waals surface area contributed by atoms with Gasteiger partial charge in [0, 0.05) is 0 Å². The smallest absolute Gasteiger partial charge is 0.320 e. The Labute approximate surface area is 147 Å². The van der Waals surface area contributed by atoms with Crippen molar-refractivity contribution in [3.05, 3.63) is 36.5 Å². The highest BCUT2D eigenvalue weighted by Gasteiger charge is 1.97. The van der Waals surface area contributed by atoms with E-state index in [1.807, 2.05) is 0 Å². The van der Waals surface area contributed by atoms with Crippen LogP contribution in [0.2, 0.25) is 0 Å². The van der Waals surface area contributed by atoms with Crippen LogP contribution in [0.1, 0.15) is 71.1 Å². The van der Waals surface area contributed by atoms with Crippen LogP contribution in [-0.2, 0) is 9.53 Å². The Kier molecular flexibility index (Phi) is 18.2. The number of rotatable bonds is 15. The number of ether oxygens (including phenoxy) is 1. The van der Waals surface area contributed by atoms with Crippen molar-refractivity contribution in [3.8, 4) is 0 Å². The second-order valence-electron chi connectivity index (χ2n) is 5.58. The normalized spacial score (nSPS) is 11.9. The maximum absolute atomic E-state index is 10.8. The Hall–Kier alpha value is -1.02. The predicted molar refractivity (Wildman–Crippen MR) is 101 cm³/mol. The molecule has 0 aromatic carbocycles. The molecule has 0 aromatic heterocycles. The van der Waals surface area contributed by atoms with E-state index in [1.54, 1.807) is 0 Å². The van der Waals surface area contributed by atoms with Crippen molar-refractivity contribution in [3.63, 3.8) is 0 Å². The highest BCUT2D eigenvalue weighted by molar-refractivity contribution is 6.26. The highest BCUT2D eigenvalue weighted by Crippen LogP contribution is 2.03. The van der Waals surface area contributed by atoms with E-state index in [4.69, 9.17) is 16.3 Å². The zero-order valence-electron chi connectivity index (χ0n) is 14.6. The number of alkyl halides is 1. The topological polar surface area (TPSA) is 26.3 Å². The van der Waals surface area contributed by atoms with Crippen molar-refractivity contribution < 1.29 is 9.53 Å². The Morgan fingerprint density at radius 2 is 1.39 bits per heavy atom. The lowest BCUT2D eigenvalue weighted by Crippen LogP contribution is -2.06. The van der Waals surface area contributed by atoms with E-state index in [2.05, 4.69) is 43.4 Å². The number of allylic oxidation sites excluding steroid dienone is 6. The van der Waals surface area contributed by atoms with Crippen LogP contribution in [0.5, 0.6) is 0 Å². The summed E-state index contributed by atoms with van der Waals surface area (Å²) in [6.45, 7) is 2.73. The molecule has 0 aromatic rings. The van der Waals surface area contributed by atoms with E-state index in [-0.39, 0.29) is 11.8 Å². The maximum atomic E-state index is 10.8. The summed E-state index contributed by atoms with van der Waals surface area (Å²) < 4.78 is 4.91. The molecule has 3 heteroatoms. The van der Waals surface area contributed by atoms with Gasteiger partial charge < -0.3 is 4.74 Å². The summed E-state index contributed by atoms with van der Waals surface area (Å²) in [5.74, 6) is -0.376. The van der Waals surface area contributed by atoms with Crippen LogP contribution in [0.25, 0.3) is 0 Å². The average molecular weight is 341 g/mol. The van der Waals surface area contributed by atoms with Gasteiger partial charge >= 0.3 is 5.97 Å². The fourth-order valence-corrected chi connectivity index (χ4v) is 2.13. The monoisotopic (exact) mass is 340 g/mol. The third-order valence-electron chi connectivity index (χ3n) is 3.41. The third kappa shape index (κ3) is 18.9. The minimum Gasteiger partial charge on any atom is -0.465 e. The van der Waals surface area contributed by atoms with E-state index in [0.717, 1.165) is 38.5 Å². The lowest BCUT2D eigenvalue weighted by Gasteiger charge is -2.01. The predicted octanol–water partition coefficient (Wildman–Crippen LogP) is 6.36. The van der Waals surface area contributed by atoms with E-state index in [0.29, 0.717) is 6.61 Å².